The summed E-state index contributed by atoms with van der Waals surface area (Å²) in [5.74, 6) is -0.137. The fraction of sp³-hybridized carbons (Fsp3) is 0.583. The molecule has 1 fully saturated rings. The molecule has 0 amide bonds. The number of anilines is 1. The molecule has 0 aromatic carbocycles. The number of hydrogen-bond acceptors (Lipinski definition) is 4. The highest BCUT2D eigenvalue weighted by Crippen LogP contribution is 2.28. The third-order valence-electron chi connectivity index (χ3n) is 3.46. The minimum atomic E-state index is -0.692. The standard InChI is InChI=1S/C12H17N3O3/c16-11-10(13-5-6-14-11)15-7-8-1-3-9(4-2-8)12(17)18/h5-6,8-9H,1-4,7H2,(H,13,15)(H,14,16)(H,17,18). The van der Waals surface area contributed by atoms with Crippen LogP contribution in [-0.4, -0.2) is 27.6 Å². The number of hydrogen-bond donors (Lipinski definition) is 3. The zero-order chi connectivity index (χ0) is 13.0. The molecule has 1 aliphatic rings. The molecule has 0 saturated heterocycles. The van der Waals surface area contributed by atoms with E-state index in [9.17, 15) is 9.59 Å². The lowest BCUT2D eigenvalue weighted by atomic mass is 9.82. The van der Waals surface area contributed by atoms with Crippen molar-refractivity contribution in [1.82, 2.24) is 9.97 Å². The summed E-state index contributed by atoms with van der Waals surface area (Å²) in [6.45, 7) is 0.673. The summed E-state index contributed by atoms with van der Waals surface area (Å²) in [6, 6.07) is 0. The maximum Gasteiger partial charge on any atom is 0.306 e. The zero-order valence-corrected chi connectivity index (χ0v) is 10.1. The molecule has 1 aromatic rings. The third-order valence-corrected chi connectivity index (χ3v) is 3.46. The van der Waals surface area contributed by atoms with Crippen LogP contribution in [0.15, 0.2) is 17.2 Å². The molecule has 0 spiro atoms. The van der Waals surface area contributed by atoms with Crippen LogP contribution in [0.25, 0.3) is 0 Å². The number of nitrogens with zero attached hydrogens (tertiary/aromatic N) is 1. The molecular weight excluding hydrogens is 234 g/mol. The summed E-state index contributed by atoms with van der Waals surface area (Å²) in [6.07, 6.45) is 6.24. The molecule has 0 radical (unpaired) electrons. The summed E-state index contributed by atoms with van der Waals surface area (Å²) in [5.41, 5.74) is -0.225. The van der Waals surface area contributed by atoms with E-state index in [2.05, 4.69) is 15.3 Å². The molecule has 6 nitrogen and oxygen atoms in total. The van der Waals surface area contributed by atoms with Gasteiger partial charge in [0.2, 0.25) is 0 Å². The molecule has 18 heavy (non-hydrogen) atoms. The normalized spacial score (nSPS) is 23.6. The quantitative estimate of drug-likeness (QED) is 0.744. The largest absolute Gasteiger partial charge is 0.481 e. The number of H-pyrrole nitrogens is 1. The smallest absolute Gasteiger partial charge is 0.306 e. The highest BCUT2D eigenvalue weighted by molar-refractivity contribution is 5.69. The third kappa shape index (κ3) is 3.09. The average Bonchev–Trinajstić information content (AvgIpc) is 2.38. The van der Waals surface area contributed by atoms with Crippen LogP contribution in [0.3, 0.4) is 0 Å². The van der Waals surface area contributed by atoms with Gasteiger partial charge in [0.15, 0.2) is 5.82 Å². The number of rotatable bonds is 4. The van der Waals surface area contributed by atoms with Crippen molar-refractivity contribution in [2.75, 3.05) is 11.9 Å². The first-order valence-corrected chi connectivity index (χ1v) is 6.17. The summed E-state index contributed by atoms with van der Waals surface area (Å²) in [7, 11) is 0. The number of nitrogens with one attached hydrogen (secondary N) is 2. The van der Waals surface area contributed by atoms with E-state index >= 15 is 0 Å². The van der Waals surface area contributed by atoms with Crippen LogP contribution in [0.2, 0.25) is 0 Å². The van der Waals surface area contributed by atoms with Crippen LogP contribution in [0.4, 0.5) is 5.82 Å². The molecule has 0 bridgehead atoms. The van der Waals surface area contributed by atoms with Gasteiger partial charge < -0.3 is 15.4 Å². The highest BCUT2D eigenvalue weighted by Gasteiger charge is 2.25. The maximum absolute atomic E-state index is 11.4. The van der Waals surface area contributed by atoms with E-state index in [1.807, 2.05) is 0 Å². The van der Waals surface area contributed by atoms with E-state index in [4.69, 9.17) is 5.11 Å². The minimum absolute atomic E-state index is 0.195. The number of aromatic nitrogens is 2. The summed E-state index contributed by atoms with van der Waals surface area (Å²) < 4.78 is 0. The van der Waals surface area contributed by atoms with Crippen LogP contribution in [0.1, 0.15) is 25.7 Å². The Balaban J connectivity index is 1.81. The van der Waals surface area contributed by atoms with E-state index in [0.717, 1.165) is 25.7 Å². The lowest BCUT2D eigenvalue weighted by Gasteiger charge is -2.26. The number of carbonyl (C=O) groups is 1. The van der Waals surface area contributed by atoms with Crippen LogP contribution in [-0.2, 0) is 4.79 Å². The van der Waals surface area contributed by atoms with Gasteiger partial charge >= 0.3 is 5.97 Å². The second kappa shape index (κ2) is 5.66. The molecule has 6 heteroatoms. The van der Waals surface area contributed by atoms with Crippen molar-refractivity contribution >= 4 is 11.8 Å². The van der Waals surface area contributed by atoms with E-state index in [1.54, 1.807) is 0 Å². The summed E-state index contributed by atoms with van der Waals surface area (Å²) in [5, 5.41) is 11.9. The first-order valence-electron chi connectivity index (χ1n) is 6.17. The van der Waals surface area contributed by atoms with Crippen molar-refractivity contribution in [3.8, 4) is 0 Å². The fourth-order valence-corrected chi connectivity index (χ4v) is 2.33. The molecule has 0 aliphatic heterocycles. The predicted molar refractivity (Wildman–Crippen MR) is 66.4 cm³/mol. The molecule has 98 valence electrons. The molecule has 3 N–H and O–H groups in total. The van der Waals surface area contributed by atoms with Gasteiger partial charge in [-0.3, -0.25) is 9.59 Å². The van der Waals surface area contributed by atoms with Crippen molar-refractivity contribution < 1.29 is 9.90 Å². The van der Waals surface area contributed by atoms with Gasteiger partial charge in [-0.1, -0.05) is 0 Å². The van der Waals surface area contributed by atoms with Crippen LogP contribution in [0.5, 0.6) is 0 Å². The molecule has 0 atom stereocenters. The fourth-order valence-electron chi connectivity index (χ4n) is 2.33. The topological polar surface area (TPSA) is 95.1 Å². The molecule has 1 heterocycles. The SMILES string of the molecule is O=C(O)C1CCC(CNc2ncc[nH]c2=O)CC1. The monoisotopic (exact) mass is 251 g/mol. The van der Waals surface area contributed by atoms with E-state index in [0.29, 0.717) is 18.3 Å². The second-order valence-corrected chi connectivity index (χ2v) is 4.70. The van der Waals surface area contributed by atoms with Gasteiger partial charge in [0.25, 0.3) is 5.56 Å². The Morgan fingerprint density at radius 1 is 1.44 bits per heavy atom. The molecule has 1 aromatic heterocycles. The van der Waals surface area contributed by atoms with Crippen LogP contribution < -0.4 is 10.9 Å². The molecule has 1 saturated carbocycles. The number of aliphatic carboxylic acids is 1. The molecular formula is C12H17N3O3. The number of carboxylic acid groups (broad SMARTS) is 1. The van der Waals surface area contributed by atoms with Crippen LogP contribution in [0, 0.1) is 11.8 Å². The van der Waals surface area contributed by atoms with Crippen molar-refractivity contribution in [2.24, 2.45) is 11.8 Å². The number of carboxylic acids is 1. The van der Waals surface area contributed by atoms with Gasteiger partial charge in [-0.25, -0.2) is 4.98 Å². The Morgan fingerprint density at radius 3 is 2.78 bits per heavy atom. The average molecular weight is 251 g/mol. The highest BCUT2D eigenvalue weighted by atomic mass is 16.4. The molecule has 1 aliphatic carbocycles. The maximum atomic E-state index is 11.4. The van der Waals surface area contributed by atoms with Gasteiger partial charge in [-0.05, 0) is 31.6 Å². The molecule has 0 unspecified atom stereocenters. The Labute approximate surface area is 104 Å². The minimum Gasteiger partial charge on any atom is -0.481 e. The van der Waals surface area contributed by atoms with Crippen molar-refractivity contribution in [2.45, 2.75) is 25.7 Å². The van der Waals surface area contributed by atoms with Gasteiger partial charge in [-0.2, -0.15) is 0 Å². The van der Waals surface area contributed by atoms with Gasteiger partial charge in [0, 0.05) is 18.9 Å². The van der Waals surface area contributed by atoms with E-state index < -0.39 is 5.97 Å². The number of aromatic amines is 1. The van der Waals surface area contributed by atoms with Gasteiger partial charge in [-0.15, -0.1) is 0 Å². The van der Waals surface area contributed by atoms with Gasteiger partial charge in [0.05, 0.1) is 5.92 Å². The first kappa shape index (κ1) is 12.6. The Morgan fingerprint density at radius 2 is 2.17 bits per heavy atom. The second-order valence-electron chi connectivity index (χ2n) is 4.70. The Hall–Kier alpha value is -1.85. The predicted octanol–water partition coefficient (Wildman–Crippen LogP) is 1.07. The lowest BCUT2D eigenvalue weighted by molar-refractivity contribution is -0.143. The van der Waals surface area contributed by atoms with Crippen molar-refractivity contribution in [1.29, 1.82) is 0 Å². The Bertz CT molecular complexity index is 464. The van der Waals surface area contributed by atoms with Crippen molar-refractivity contribution in [3.05, 3.63) is 22.7 Å². The molecule has 2 rings (SSSR count). The lowest BCUT2D eigenvalue weighted by Crippen LogP contribution is -2.27. The first-order chi connectivity index (χ1) is 8.66. The van der Waals surface area contributed by atoms with E-state index in [1.165, 1.54) is 12.4 Å². The summed E-state index contributed by atoms with van der Waals surface area (Å²) >= 11 is 0. The zero-order valence-electron chi connectivity index (χ0n) is 10.1. The Kier molecular flexibility index (Phi) is 3.96. The van der Waals surface area contributed by atoms with Crippen molar-refractivity contribution in [3.63, 3.8) is 0 Å². The van der Waals surface area contributed by atoms with Crippen LogP contribution >= 0.6 is 0 Å². The van der Waals surface area contributed by atoms with Gasteiger partial charge in [0.1, 0.15) is 0 Å². The van der Waals surface area contributed by atoms with E-state index in [-0.39, 0.29) is 11.5 Å². The summed E-state index contributed by atoms with van der Waals surface area (Å²) in [4.78, 5) is 28.7.